The van der Waals surface area contributed by atoms with Gasteiger partial charge in [-0.1, -0.05) is 12.6 Å². The van der Waals surface area contributed by atoms with Gasteiger partial charge in [-0.3, -0.25) is 9.80 Å². The number of nitrogens with one attached hydrogen (secondary N) is 1. The van der Waals surface area contributed by atoms with Gasteiger partial charge in [0.15, 0.2) is 11.5 Å². The summed E-state index contributed by atoms with van der Waals surface area (Å²) in [5.74, 6) is 1.32. The van der Waals surface area contributed by atoms with Crippen LogP contribution in [0.4, 0.5) is 0 Å². The average Bonchev–Trinajstić information content (AvgIpc) is 2.79. The highest BCUT2D eigenvalue weighted by Crippen LogP contribution is 2.35. The van der Waals surface area contributed by atoms with Crippen molar-refractivity contribution in [2.75, 3.05) is 14.2 Å². The van der Waals surface area contributed by atoms with Crippen molar-refractivity contribution >= 4 is 6.41 Å². The predicted octanol–water partition coefficient (Wildman–Crippen LogP) is 1.63. The fraction of sp³-hybridized carbons (Fsp3) is 0.308. The molecule has 0 aromatic heterocycles. The number of benzene rings is 1. The molecule has 18 heavy (non-hydrogen) atoms. The minimum atomic E-state index is -0.0604. The lowest BCUT2D eigenvalue weighted by atomic mass is 10.0. The number of rotatable bonds is 4. The van der Waals surface area contributed by atoms with Gasteiger partial charge in [-0.25, -0.2) is 0 Å². The van der Waals surface area contributed by atoms with Crippen molar-refractivity contribution in [2.45, 2.75) is 12.5 Å². The molecule has 5 nitrogen and oxygen atoms in total. The smallest absolute Gasteiger partial charge is 0.228 e. The largest absolute Gasteiger partial charge is 0.493 e. The summed E-state index contributed by atoms with van der Waals surface area (Å²) in [6.07, 6.45) is 1.45. The second kappa shape index (κ2) is 5.00. The number of nitrogens with zero attached hydrogens (tertiary/aromatic N) is 1. The lowest BCUT2D eigenvalue weighted by Gasteiger charge is -2.20. The Bertz CT molecular complexity index is 473. The van der Waals surface area contributed by atoms with Crippen molar-refractivity contribution < 1.29 is 14.3 Å². The predicted molar refractivity (Wildman–Crippen MR) is 67.1 cm³/mol. The molecule has 96 valence electrons. The van der Waals surface area contributed by atoms with Crippen LogP contribution in [0.1, 0.15) is 18.0 Å². The number of carbonyl (C=O) groups is 1. The third kappa shape index (κ3) is 2.11. The van der Waals surface area contributed by atoms with E-state index in [1.54, 1.807) is 14.2 Å². The molecule has 1 unspecified atom stereocenters. The molecule has 5 heteroatoms. The zero-order valence-electron chi connectivity index (χ0n) is 10.5. The molecule has 0 aliphatic carbocycles. The van der Waals surface area contributed by atoms with Crippen LogP contribution in [0.3, 0.4) is 0 Å². The molecule has 0 bridgehead atoms. The van der Waals surface area contributed by atoms with Gasteiger partial charge in [-0.15, -0.1) is 0 Å². The number of carbonyl (C=O) groups excluding carboxylic acids is 1. The van der Waals surface area contributed by atoms with Gasteiger partial charge in [-0.05, 0) is 17.7 Å². The standard InChI is InChI=1S/C13H16N2O3/c1-9-6-11(15(8-16)14-9)10-4-5-12(17-2)13(7-10)18-3/h4-5,7-8,11,14H,1,6H2,2-3H3. The molecule has 1 aromatic rings. The first-order valence-electron chi connectivity index (χ1n) is 5.59. The lowest BCUT2D eigenvalue weighted by molar-refractivity contribution is -0.121. The fourth-order valence-electron chi connectivity index (χ4n) is 2.08. The molecular weight excluding hydrogens is 232 g/mol. The van der Waals surface area contributed by atoms with Gasteiger partial charge in [0.1, 0.15) is 0 Å². The van der Waals surface area contributed by atoms with E-state index in [1.165, 1.54) is 5.01 Å². The van der Waals surface area contributed by atoms with E-state index in [-0.39, 0.29) is 6.04 Å². The summed E-state index contributed by atoms with van der Waals surface area (Å²) in [5.41, 5.74) is 4.72. The maximum absolute atomic E-state index is 11.0. The fourth-order valence-corrected chi connectivity index (χ4v) is 2.08. The number of amides is 1. The van der Waals surface area contributed by atoms with Gasteiger partial charge in [0.25, 0.3) is 0 Å². The van der Waals surface area contributed by atoms with Crippen LogP contribution in [0.15, 0.2) is 30.5 Å². The summed E-state index contributed by atoms with van der Waals surface area (Å²) in [6.45, 7) is 3.84. The van der Waals surface area contributed by atoms with E-state index in [0.29, 0.717) is 17.9 Å². The summed E-state index contributed by atoms with van der Waals surface area (Å²) < 4.78 is 10.4. The topological polar surface area (TPSA) is 50.8 Å². The SMILES string of the molecule is C=C1CC(c2ccc(OC)c(OC)c2)N(C=O)N1. The Morgan fingerprint density at radius 3 is 2.72 bits per heavy atom. The Balaban J connectivity index is 2.33. The van der Waals surface area contributed by atoms with Crippen LogP contribution in [0.5, 0.6) is 11.5 Å². The molecule has 1 aliphatic rings. The molecule has 1 heterocycles. The molecule has 0 radical (unpaired) electrons. The normalized spacial score (nSPS) is 18.4. The number of hydrogen-bond acceptors (Lipinski definition) is 4. The second-order valence-electron chi connectivity index (χ2n) is 4.06. The third-order valence-electron chi connectivity index (χ3n) is 2.97. The summed E-state index contributed by atoms with van der Waals surface area (Å²) in [6, 6.07) is 5.57. The molecule has 1 N–H and O–H groups in total. The van der Waals surface area contributed by atoms with Gasteiger partial charge >= 0.3 is 0 Å². The molecule has 2 rings (SSSR count). The van der Waals surface area contributed by atoms with Gasteiger partial charge in [0, 0.05) is 12.1 Å². The van der Waals surface area contributed by atoms with E-state index in [2.05, 4.69) is 12.0 Å². The third-order valence-corrected chi connectivity index (χ3v) is 2.97. The zero-order valence-corrected chi connectivity index (χ0v) is 10.5. The summed E-state index contributed by atoms with van der Waals surface area (Å²) in [7, 11) is 3.18. The molecule has 0 saturated carbocycles. The van der Waals surface area contributed by atoms with E-state index in [9.17, 15) is 4.79 Å². The van der Waals surface area contributed by atoms with Gasteiger partial charge in [0.2, 0.25) is 6.41 Å². The summed E-state index contributed by atoms with van der Waals surface area (Å²) >= 11 is 0. The van der Waals surface area contributed by atoms with Crippen molar-refractivity contribution in [1.29, 1.82) is 0 Å². The minimum absolute atomic E-state index is 0.0604. The van der Waals surface area contributed by atoms with Crippen molar-refractivity contribution in [1.82, 2.24) is 10.4 Å². The molecule has 1 aliphatic heterocycles. The Hall–Kier alpha value is -2.17. The molecule has 0 spiro atoms. The van der Waals surface area contributed by atoms with Crippen LogP contribution >= 0.6 is 0 Å². The number of ether oxygens (including phenoxy) is 2. The van der Waals surface area contributed by atoms with Crippen LogP contribution in [0.25, 0.3) is 0 Å². The highest BCUT2D eigenvalue weighted by Gasteiger charge is 2.27. The zero-order chi connectivity index (χ0) is 13.1. The van der Waals surface area contributed by atoms with Crippen LogP contribution in [0, 0.1) is 0 Å². The average molecular weight is 248 g/mol. The Morgan fingerprint density at radius 1 is 1.39 bits per heavy atom. The highest BCUT2D eigenvalue weighted by atomic mass is 16.5. The minimum Gasteiger partial charge on any atom is -0.493 e. The Kier molecular flexibility index (Phi) is 3.41. The highest BCUT2D eigenvalue weighted by molar-refractivity contribution is 5.51. The van der Waals surface area contributed by atoms with Gasteiger partial charge in [-0.2, -0.15) is 0 Å². The molecule has 1 amide bonds. The molecule has 1 fully saturated rings. The number of hydrazine groups is 1. The second-order valence-corrected chi connectivity index (χ2v) is 4.06. The van der Waals surface area contributed by atoms with E-state index < -0.39 is 0 Å². The van der Waals surface area contributed by atoms with Crippen LogP contribution in [-0.4, -0.2) is 25.6 Å². The molecule has 1 aromatic carbocycles. The molecular formula is C13H16N2O3. The quantitative estimate of drug-likeness (QED) is 0.823. The van der Waals surface area contributed by atoms with Crippen molar-refractivity contribution in [2.24, 2.45) is 0 Å². The van der Waals surface area contributed by atoms with E-state index in [4.69, 9.17) is 9.47 Å². The van der Waals surface area contributed by atoms with E-state index in [1.807, 2.05) is 18.2 Å². The monoisotopic (exact) mass is 248 g/mol. The van der Waals surface area contributed by atoms with Crippen molar-refractivity contribution in [3.8, 4) is 11.5 Å². The Labute approximate surface area is 106 Å². The maximum atomic E-state index is 11.0. The van der Waals surface area contributed by atoms with Crippen LogP contribution in [0.2, 0.25) is 0 Å². The number of methoxy groups -OCH3 is 2. The number of hydrogen-bond donors (Lipinski definition) is 1. The first-order chi connectivity index (χ1) is 8.69. The van der Waals surface area contributed by atoms with E-state index >= 15 is 0 Å². The first kappa shape index (κ1) is 12.3. The van der Waals surface area contributed by atoms with Crippen LogP contribution in [-0.2, 0) is 4.79 Å². The van der Waals surface area contributed by atoms with Gasteiger partial charge in [0.05, 0.1) is 20.3 Å². The van der Waals surface area contributed by atoms with Crippen LogP contribution < -0.4 is 14.9 Å². The summed E-state index contributed by atoms with van der Waals surface area (Å²) in [4.78, 5) is 11.0. The van der Waals surface area contributed by atoms with E-state index in [0.717, 1.165) is 17.7 Å². The summed E-state index contributed by atoms with van der Waals surface area (Å²) in [5, 5.41) is 1.50. The van der Waals surface area contributed by atoms with Gasteiger partial charge < -0.3 is 14.9 Å². The molecule has 1 atom stereocenters. The maximum Gasteiger partial charge on any atom is 0.228 e. The lowest BCUT2D eigenvalue weighted by Crippen LogP contribution is -2.30. The Morgan fingerprint density at radius 2 is 2.11 bits per heavy atom. The molecule has 1 saturated heterocycles. The van der Waals surface area contributed by atoms with Crippen molar-refractivity contribution in [3.63, 3.8) is 0 Å². The van der Waals surface area contributed by atoms with Crippen molar-refractivity contribution in [3.05, 3.63) is 36.0 Å². The first-order valence-corrected chi connectivity index (χ1v) is 5.59.